The molecule has 1 aliphatic rings. The van der Waals surface area contributed by atoms with Crippen LogP contribution in [-0.2, 0) is 9.59 Å². The smallest absolute Gasteiger partial charge is 0.272 e. The van der Waals surface area contributed by atoms with Crippen molar-refractivity contribution in [2.24, 2.45) is 0 Å². The number of nitrogens with zero attached hydrogens (tertiary/aromatic N) is 2. The highest BCUT2D eigenvalue weighted by Gasteiger charge is 2.40. The normalized spacial score (nSPS) is 14.3. The molecular weight excluding hydrogens is 387 g/mol. The second-order valence-corrected chi connectivity index (χ2v) is 8.60. The highest BCUT2D eigenvalue weighted by Crippen LogP contribution is 2.40. The summed E-state index contributed by atoms with van der Waals surface area (Å²) in [5.74, 6) is -1.09. The molecule has 0 spiro atoms. The fraction of sp³-hybridized carbons (Fsp3) is 0.304. The van der Waals surface area contributed by atoms with Gasteiger partial charge >= 0.3 is 0 Å². The van der Waals surface area contributed by atoms with Gasteiger partial charge in [0.25, 0.3) is 11.8 Å². The summed E-state index contributed by atoms with van der Waals surface area (Å²) < 4.78 is 13.4. The Morgan fingerprint density at radius 2 is 1.52 bits per heavy atom. The van der Waals surface area contributed by atoms with Gasteiger partial charge in [-0.1, -0.05) is 26.0 Å². The number of benzene rings is 2. The Morgan fingerprint density at radius 3 is 2.03 bits per heavy atom. The van der Waals surface area contributed by atoms with Crippen molar-refractivity contribution in [1.29, 1.82) is 0 Å². The Bertz CT molecular complexity index is 932. The molecule has 4 nitrogen and oxygen atoms in total. The van der Waals surface area contributed by atoms with E-state index in [9.17, 15) is 14.0 Å². The summed E-state index contributed by atoms with van der Waals surface area (Å²) in [4.78, 5) is 30.2. The number of hydrogen-bond donors (Lipinski definition) is 0. The second-order valence-electron chi connectivity index (χ2n) is 7.01. The Balaban J connectivity index is 2.00. The molecular formula is C23H25FN2O2S. The van der Waals surface area contributed by atoms with E-state index in [4.69, 9.17) is 0 Å². The van der Waals surface area contributed by atoms with Gasteiger partial charge in [0.2, 0.25) is 0 Å². The molecule has 0 saturated carbocycles. The minimum Gasteiger partial charge on any atom is -0.372 e. The molecule has 2 amide bonds. The molecule has 2 aromatic rings. The zero-order chi connectivity index (χ0) is 21.1. The van der Waals surface area contributed by atoms with E-state index in [1.54, 1.807) is 24.3 Å². The lowest BCUT2D eigenvalue weighted by Crippen LogP contribution is -2.31. The molecule has 0 aromatic heterocycles. The van der Waals surface area contributed by atoms with Crippen LogP contribution in [0.4, 0.5) is 15.8 Å². The highest BCUT2D eigenvalue weighted by molar-refractivity contribution is 8.04. The molecule has 0 atom stereocenters. The minimum absolute atomic E-state index is 0.127. The first kappa shape index (κ1) is 21.1. The maximum atomic E-state index is 13.4. The van der Waals surface area contributed by atoms with Crippen LogP contribution in [-0.4, -0.2) is 30.2 Å². The molecule has 0 bridgehead atoms. The third kappa shape index (κ3) is 4.22. The Labute approximate surface area is 175 Å². The minimum atomic E-state index is -0.381. The Kier molecular flexibility index (Phi) is 6.42. The number of anilines is 2. The zero-order valence-corrected chi connectivity index (χ0v) is 17.9. The maximum absolute atomic E-state index is 13.4. The molecule has 0 aliphatic carbocycles. The van der Waals surface area contributed by atoms with Gasteiger partial charge in [0, 0.05) is 24.0 Å². The largest absolute Gasteiger partial charge is 0.372 e. The van der Waals surface area contributed by atoms with Crippen LogP contribution in [0.1, 0.15) is 33.3 Å². The number of rotatable bonds is 7. The van der Waals surface area contributed by atoms with Gasteiger partial charge in [-0.25, -0.2) is 9.29 Å². The first-order valence-corrected chi connectivity index (χ1v) is 10.7. The SMILES string of the molecule is CCN(CC)c1ccc(N2C(=O)C(SC(C)C)=C(c3ccc(F)cc3)C2=O)cc1. The lowest BCUT2D eigenvalue weighted by atomic mass is 10.1. The van der Waals surface area contributed by atoms with Crippen LogP contribution in [0.2, 0.25) is 0 Å². The maximum Gasteiger partial charge on any atom is 0.272 e. The predicted molar refractivity (Wildman–Crippen MR) is 119 cm³/mol. The number of carbonyl (C=O) groups excluding carboxylic acids is 2. The van der Waals surface area contributed by atoms with E-state index in [1.165, 1.54) is 28.8 Å². The van der Waals surface area contributed by atoms with Gasteiger partial charge in [-0.05, 0) is 55.8 Å². The molecule has 29 heavy (non-hydrogen) atoms. The van der Waals surface area contributed by atoms with Crippen molar-refractivity contribution < 1.29 is 14.0 Å². The molecule has 2 aromatic carbocycles. The quantitative estimate of drug-likeness (QED) is 0.594. The van der Waals surface area contributed by atoms with E-state index >= 15 is 0 Å². The van der Waals surface area contributed by atoms with Gasteiger partial charge in [0.1, 0.15) is 5.82 Å². The van der Waals surface area contributed by atoms with Crippen LogP contribution >= 0.6 is 11.8 Å². The summed E-state index contributed by atoms with van der Waals surface area (Å²) >= 11 is 1.36. The van der Waals surface area contributed by atoms with Gasteiger partial charge in [-0.2, -0.15) is 0 Å². The van der Waals surface area contributed by atoms with Crippen LogP contribution in [0.15, 0.2) is 53.4 Å². The standard InChI is InChI=1S/C23H25FN2O2S/c1-5-25(6-2)18-11-13-19(14-12-18)26-22(27)20(16-7-9-17(24)10-8-16)21(23(26)28)29-15(3)4/h7-15H,5-6H2,1-4H3. The van der Waals surface area contributed by atoms with E-state index in [0.717, 1.165) is 18.8 Å². The van der Waals surface area contributed by atoms with Crippen molar-refractivity contribution in [2.75, 3.05) is 22.9 Å². The van der Waals surface area contributed by atoms with Crippen LogP contribution in [0, 0.1) is 5.82 Å². The summed E-state index contributed by atoms with van der Waals surface area (Å²) in [5.41, 5.74) is 2.47. The summed E-state index contributed by atoms with van der Waals surface area (Å²) in [7, 11) is 0. The van der Waals surface area contributed by atoms with Gasteiger partial charge in [-0.15, -0.1) is 11.8 Å². The number of imide groups is 1. The van der Waals surface area contributed by atoms with E-state index in [1.807, 2.05) is 26.0 Å². The topological polar surface area (TPSA) is 40.6 Å². The van der Waals surface area contributed by atoms with E-state index < -0.39 is 0 Å². The van der Waals surface area contributed by atoms with Crippen LogP contribution in [0.25, 0.3) is 5.57 Å². The molecule has 0 saturated heterocycles. The summed E-state index contributed by atoms with van der Waals surface area (Å²) in [6.45, 7) is 9.86. The van der Waals surface area contributed by atoms with Crippen molar-refractivity contribution in [3.63, 3.8) is 0 Å². The first-order chi connectivity index (χ1) is 13.9. The Morgan fingerprint density at radius 1 is 0.931 bits per heavy atom. The molecule has 1 heterocycles. The number of carbonyl (C=O) groups is 2. The molecule has 0 radical (unpaired) electrons. The third-order valence-electron chi connectivity index (χ3n) is 4.76. The summed E-state index contributed by atoms with van der Waals surface area (Å²) in [6, 6.07) is 13.2. The monoisotopic (exact) mass is 412 g/mol. The third-order valence-corrected chi connectivity index (χ3v) is 5.85. The fourth-order valence-electron chi connectivity index (χ4n) is 3.36. The van der Waals surface area contributed by atoms with Crippen molar-refractivity contribution in [2.45, 2.75) is 32.9 Å². The fourth-order valence-corrected chi connectivity index (χ4v) is 4.35. The van der Waals surface area contributed by atoms with Gasteiger partial charge in [0.15, 0.2) is 0 Å². The summed E-state index contributed by atoms with van der Waals surface area (Å²) in [5, 5.41) is 0.127. The molecule has 3 rings (SSSR count). The molecule has 1 aliphatic heterocycles. The van der Waals surface area contributed by atoms with Crippen molar-refractivity contribution in [3.8, 4) is 0 Å². The second kappa shape index (κ2) is 8.82. The molecule has 0 N–H and O–H groups in total. The molecule has 0 unspecified atom stereocenters. The summed E-state index contributed by atoms with van der Waals surface area (Å²) in [6.07, 6.45) is 0. The van der Waals surface area contributed by atoms with Crippen molar-refractivity contribution in [1.82, 2.24) is 0 Å². The molecule has 0 fully saturated rings. The number of halogens is 1. The highest BCUT2D eigenvalue weighted by atomic mass is 32.2. The lowest BCUT2D eigenvalue weighted by molar-refractivity contribution is -0.119. The Hall–Kier alpha value is -2.60. The van der Waals surface area contributed by atoms with Gasteiger partial charge in [0.05, 0.1) is 16.2 Å². The van der Waals surface area contributed by atoms with E-state index in [0.29, 0.717) is 21.7 Å². The van der Waals surface area contributed by atoms with E-state index in [-0.39, 0.29) is 22.9 Å². The average molecular weight is 413 g/mol. The first-order valence-electron chi connectivity index (χ1n) is 9.78. The van der Waals surface area contributed by atoms with Crippen molar-refractivity contribution in [3.05, 3.63) is 64.8 Å². The zero-order valence-electron chi connectivity index (χ0n) is 17.1. The van der Waals surface area contributed by atoms with Gasteiger partial charge < -0.3 is 4.90 Å². The number of amides is 2. The molecule has 6 heteroatoms. The van der Waals surface area contributed by atoms with Crippen LogP contribution in [0.3, 0.4) is 0 Å². The lowest BCUT2D eigenvalue weighted by Gasteiger charge is -2.22. The number of thioether (sulfide) groups is 1. The predicted octanol–water partition coefficient (Wildman–Crippen LogP) is 5.10. The van der Waals surface area contributed by atoms with Crippen LogP contribution < -0.4 is 9.80 Å². The van der Waals surface area contributed by atoms with E-state index in [2.05, 4.69) is 18.7 Å². The van der Waals surface area contributed by atoms with Crippen LogP contribution in [0.5, 0.6) is 0 Å². The average Bonchev–Trinajstić information content (AvgIpc) is 2.94. The number of hydrogen-bond acceptors (Lipinski definition) is 4. The molecule has 152 valence electrons. The van der Waals surface area contributed by atoms with Crippen molar-refractivity contribution >= 4 is 40.5 Å². The van der Waals surface area contributed by atoms with Gasteiger partial charge in [-0.3, -0.25) is 9.59 Å².